The molecule has 0 heterocycles. The summed E-state index contributed by atoms with van der Waals surface area (Å²) in [4.78, 5) is 3.74. The lowest BCUT2D eigenvalue weighted by Crippen LogP contribution is -2.27. The largest absolute Gasteiger partial charge is 0.490 e. The molecular formula is C14H17N3O2. The van der Waals surface area contributed by atoms with Crippen molar-refractivity contribution >= 4 is 16.7 Å². The smallest absolute Gasteiger partial charge is 0.186 e. The first-order valence-electron chi connectivity index (χ1n) is 6.01. The van der Waals surface area contributed by atoms with Gasteiger partial charge in [0.05, 0.1) is 6.54 Å². The Kier molecular flexibility index (Phi) is 4.20. The summed E-state index contributed by atoms with van der Waals surface area (Å²) in [7, 11) is 0. The van der Waals surface area contributed by atoms with Gasteiger partial charge in [0, 0.05) is 5.39 Å². The first-order chi connectivity index (χ1) is 9.16. The second-order valence-electron chi connectivity index (χ2n) is 4.21. The molecule has 0 saturated heterocycles. The van der Waals surface area contributed by atoms with E-state index in [1.807, 2.05) is 42.5 Å². The Bertz CT molecular complexity index is 574. The minimum Gasteiger partial charge on any atom is -0.490 e. The summed E-state index contributed by atoms with van der Waals surface area (Å²) in [5, 5.41) is 11.8. The molecule has 2 aromatic carbocycles. The topological polar surface area (TPSA) is 93.9 Å². The maximum Gasteiger partial charge on any atom is 0.186 e. The molecular weight excluding hydrogens is 242 g/mol. The van der Waals surface area contributed by atoms with Gasteiger partial charge >= 0.3 is 0 Å². The molecule has 2 rings (SSSR count). The van der Waals surface area contributed by atoms with Gasteiger partial charge in [-0.3, -0.25) is 4.99 Å². The summed E-state index contributed by atoms with van der Waals surface area (Å²) >= 11 is 0. The second kappa shape index (κ2) is 6.06. The van der Waals surface area contributed by atoms with E-state index in [9.17, 15) is 5.11 Å². The van der Waals surface area contributed by atoms with Gasteiger partial charge in [0.1, 0.15) is 18.5 Å². The first-order valence-corrected chi connectivity index (χ1v) is 6.01. The SMILES string of the molecule is NC(N)=NCC(O)COc1cccc2ccccc12. The number of ether oxygens (including phenoxy) is 1. The highest BCUT2D eigenvalue weighted by Crippen LogP contribution is 2.25. The number of fused-ring (bicyclic) bond motifs is 1. The van der Waals surface area contributed by atoms with Gasteiger partial charge in [-0.1, -0.05) is 36.4 Å². The number of hydrogen-bond acceptors (Lipinski definition) is 3. The zero-order valence-electron chi connectivity index (χ0n) is 10.5. The molecule has 0 saturated carbocycles. The van der Waals surface area contributed by atoms with Crippen molar-refractivity contribution in [3.05, 3.63) is 42.5 Å². The average Bonchev–Trinajstić information content (AvgIpc) is 2.42. The zero-order chi connectivity index (χ0) is 13.7. The van der Waals surface area contributed by atoms with Crippen LogP contribution < -0.4 is 16.2 Å². The molecule has 0 aliphatic carbocycles. The van der Waals surface area contributed by atoms with Crippen molar-refractivity contribution in [1.29, 1.82) is 0 Å². The predicted octanol–water partition coefficient (Wildman–Crippen LogP) is 0.853. The van der Waals surface area contributed by atoms with Gasteiger partial charge in [-0.05, 0) is 11.5 Å². The summed E-state index contributed by atoms with van der Waals surface area (Å²) in [6.07, 6.45) is -0.735. The average molecular weight is 259 g/mol. The minimum atomic E-state index is -0.735. The summed E-state index contributed by atoms with van der Waals surface area (Å²) < 4.78 is 5.61. The standard InChI is InChI=1S/C14H17N3O2/c15-14(16)17-8-11(18)9-19-13-7-3-5-10-4-1-2-6-12(10)13/h1-7,11,18H,8-9H2,(H4,15,16,17). The predicted molar refractivity (Wildman–Crippen MR) is 76.1 cm³/mol. The van der Waals surface area contributed by atoms with Crippen LogP contribution >= 0.6 is 0 Å². The lowest BCUT2D eigenvalue weighted by Gasteiger charge is -2.12. The number of aliphatic imine (C=N–C) groups is 1. The van der Waals surface area contributed by atoms with Gasteiger partial charge in [-0.2, -0.15) is 0 Å². The van der Waals surface area contributed by atoms with Crippen LogP contribution in [0.1, 0.15) is 0 Å². The summed E-state index contributed by atoms with van der Waals surface area (Å²) in [5.41, 5.74) is 10.4. The van der Waals surface area contributed by atoms with Crippen LogP contribution in [0.25, 0.3) is 10.8 Å². The maximum absolute atomic E-state index is 9.69. The number of aliphatic hydroxyl groups excluding tert-OH is 1. The number of guanidine groups is 1. The molecule has 1 atom stereocenters. The molecule has 100 valence electrons. The highest BCUT2D eigenvalue weighted by molar-refractivity contribution is 5.88. The maximum atomic E-state index is 9.69. The van der Waals surface area contributed by atoms with E-state index in [2.05, 4.69) is 4.99 Å². The van der Waals surface area contributed by atoms with Gasteiger partial charge in [0.2, 0.25) is 0 Å². The molecule has 0 radical (unpaired) electrons. The molecule has 2 aromatic rings. The third kappa shape index (κ3) is 3.59. The Labute approximate surface area is 111 Å². The summed E-state index contributed by atoms with van der Waals surface area (Å²) in [6.45, 7) is 0.276. The second-order valence-corrected chi connectivity index (χ2v) is 4.21. The van der Waals surface area contributed by atoms with Gasteiger partial charge in [0.25, 0.3) is 0 Å². The number of nitrogens with two attached hydrogens (primary N) is 2. The molecule has 0 aliphatic rings. The first kappa shape index (κ1) is 13.2. The molecule has 0 amide bonds. The van der Waals surface area contributed by atoms with Crippen molar-refractivity contribution in [2.24, 2.45) is 16.5 Å². The Hall–Kier alpha value is -2.27. The molecule has 19 heavy (non-hydrogen) atoms. The Morgan fingerprint density at radius 2 is 1.89 bits per heavy atom. The van der Waals surface area contributed by atoms with E-state index in [0.29, 0.717) is 0 Å². The van der Waals surface area contributed by atoms with Gasteiger partial charge in [-0.25, -0.2) is 0 Å². The summed E-state index contributed by atoms with van der Waals surface area (Å²) in [5.74, 6) is 0.700. The lowest BCUT2D eigenvalue weighted by molar-refractivity contribution is 0.115. The third-order valence-electron chi connectivity index (χ3n) is 2.67. The zero-order valence-corrected chi connectivity index (χ0v) is 10.5. The van der Waals surface area contributed by atoms with Crippen LogP contribution in [0.4, 0.5) is 0 Å². The monoisotopic (exact) mass is 259 g/mol. The van der Waals surface area contributed by atoms with Crippen LogP contribution in [0.3, 0.4) is 0 Å². The van der Waals surface area contributed by atoms with Crippen LogP contribution in [0.2, 0.25) is 0 Å². The van der Waals surface area contributed by atoms with Gasteiger partial charge in [-0.15, -0.1) is 0 Å². The van der Waals surface area contributed by atoms with E-state index in [1.54, 1.807) is 0 Å². The number of nitrogens with zero attached hydrogens (tertiary/aromatic N) is 1. The molecule has 5 N–H and O–H groups in total. The van der Waals surface area contributed by atoms with E-state index in [0.717, 1.165) is 16.5 Å². The number of hydrogen-bond donors (Lipinski definition) is 3. The normalized spacial score (nSPS) is 12.1. The van der Waals surface area contributed by atoms with Crippen molar-refractivity contribution in [3.63, 3.8) is 0 Å². The van der Waals surface area contributed by atoms with Gasteiger partial charge < -0.3 is 21.3 Å². The van der Waals surface area contributed by atoms with Crippen LogP contribution in [-0.4, -0.2) is 30.3 Å². The lowest BCUT2D eigenvalue weighted by atomic mass is 10.1. The number of aliphatic hydroxyl groups is 1. The van der Waals surface area contributed by atoms with E-state index >= 15 is 0 Å². The van der Waals surface area contributed by atoms with Crippen molar-refractivity contribution in [3.8, 4) is 5.75 Å². The molecule has 0 bridgehead atoms. The molecule has 0 fully saturated rings. The molecule has 5 nitrogen and oxygen atoms in total. The minimum absolute atomic E-state index is 0.0378. The van der Waals surface area contributed by atoms with Crippen LogP contribution in [0, 0.1) is 0 Å². The van der Waals surface area contributed by atoms with Crippen molar-refractivity contribution in [2.75, 3.05) is 13.2 Å². The van der Waals surface area contributed by atoms with Crippen molar-refractivity contribution in [2.45, 2.75) is 6.10 Å². The fourth-order valence-electron chi connectivity index (χ4n) is 1.77. The third-order valence-corrected chi connectivity index (χ3v) is 2.67. The van der Waals surface area contributed by atoms with Crippen LogP contribution in [0.5, 0.6) is 5.75 Å². The quantitative estimate of drug-likeness (QED) is 0.548. The Balaban J connectivity index is 2.04. The number of rotatable bonds is 5. The van der Waals surface area contributed by atoms with E-state index < -0.39 is 6.10 Å². The molecule has 5 heteroatoms. The fourth-order valence-corrected chi connectivity index (χ4v) is 1.77. The highest BCUT2D eigenvalue weighted by Gasteiger charge is 2.06. The molecule has 1 unspecified atom stereocenters. The van der Waals surface area contributed by atoms with E-state index in [-0.39, 0.29) is 19.1 Å². The van der Waals surface area contributed by atoms with Gasteiger partial charge in [0.15, 0.2) is 5.96 Å². The van der Waals surface area contributed by atoms with Crippen molar-refractivity contribution < 1.29 is 9.84 Å². The fraction of sp³-hybridized carbons (Fsp3) is 0.214. The summed E-state index contributed by atoms with van der Waals surface area (Å²) in [6, 6.07) is 13.7. The molecule has 0 aliphatic heterocycles. The van der Waals surface area contributed by atoms with E-state index in [1.165, 1.54) is 0 Å². The van der Waals surface area contributed by atoms with Crippen LogP contribution in [-0.2, 0) is 0 Å². The number of benzene rings is 2. The van der Waals surface area contributed by atoms with Crippen LogP contribution in [0.15, 0.2) is 47.5 Å². The Morgan fingerprint density at radius 3 is 2.68 bits per heavy atom. The highest BCUT2D eigenvalue weighted by atomic mass is 16.5. The molecule has 0 aromatic heterocycles. The molecule has 0 spiro atoms. The van der Waals surface area contributed by atoms with E-state index in [4.69, 9.17) is 16.2 Å². The van der Waals surface area contributed by atoms with Crippen molar-refractivity contribution in [1.82, 2.24) is 0 Å². The Morgan fingerprint density at radius 1 is 1.16 bits per heavy atom.